The van der Waals surface area contributed by atoms with Gasteiger partial charge in [-0.3, -0.25) is 4.79 Å². The number of hydrogen-bond donors (Lipinski definition) is 0. The first-order chi connectivity index (χ1) is 11.9. The SMILES string of the molecule is COC(=O)C(Cc1ccc(OCc2ccccc2)cc1)C[N+](C)(C)C. The van der Waals surface area contributed by atoms with Crippen molar-refractivity contribution < 1.29 is 18.8 Å². The van der Waals surface area contributed by atoms with E-state index in [-0.39, 0.29) is 11.9 Å². The zero-order chi connectivity index (χ0) is 18.3. The number of ether oxygens (including phenoxy) is 2. The Labute approximate surface area is 150 Å². The Bertz CT molecular complexity index is 660. The molecule has 0 aliphatic rings. The number of benzene rings is 2. The molecule has 2 aromatic carbocycles. The highest BCUT2D eigenvalue weighted by Gasteiger charge is 2.26. The molecule has 0 spiro atoms. The van der Waals surface area contributed by atoms with E-state index in [1.165, 1.54) is 7.11 Å². The van der Waals surface area contributed by atoms with Crippen LogP contribution in [0.3, 0.4) is 0 Å². The molecule has 25 heavy (non-hydrogen) atoms. The number of methoxy groups -OCH3 is 1. The summed E-state index contributed by atoms with van der Waals surface area (Å²) in [5, 5.41) is 0. The number of carbonyl (C=O) groups is 1. The van der Waals surface area contributed by atoms with Gasteiger partial charge < -0.3 is 14.0 Å². The fourth-order valence-electron chi connectivity index (χ4n) is 2.80. The Morgan fingerprint density at radius 2 is 1.60 bits per heavy atom. The van der Waals surface area contributed by atoms with Crippen LogP contribution < -0.4 is 4.74 Å². The number of quaternary nitrogens is 1. The molecule has 0 radical (unpaired) electrons. The summed E-state index contributed by atoms with van der Waals surface area (Å²) >= 11 is 0. The lowest BCUT2D eigenvalue weighted by Crippen LogP contribution is -2.42. The van der Waals surface area contributed by atoms with E-state index in [0.717, 1.165) is 27.9 Å². The molecule has 0 N–H and O–H groups in total. The van der Waals surface area contributed by atoms with Crippen molar-refractivity contribution in [1.29, 1.82) is 0 Å². The molecular weight excluding hydrogens is 314 g/mol. The monoisotopic (exact) mass is 342 g/mol. The lowest BCUT2D eigenvalue weighted by molar-refractivity contribution is -0.872. The van der Waals surface area contributed by atoms with Crippen LogP contribution in [-0.2, 0) is 22.6 Å². The van der Waals surface area contributed by atoms with E-state index in [1.54, 1.807) is 0 Å². The average molecular weight is 342 g/mol. The first-order valence-electron chi connectivity index (χ1n) is 8.51. The van der Waals surface area contributed by atoms with Crippen LogP contribution in [0.4, 0.5) is 0 Å². The third kappa shape index (κ3) is 6.59. The molecule has 1 unspecified atom stereocenters. The van der Waals surface area contributed by atoms with Gasteiger partial charge in [0.1, 0.15) is 18.3 Å². The van der Waals surface area contributed by atoms with Gasteiger partial charge in [-0.2, -0.15) is 0 Å². The van der Waals surface area contributed by atoms with Crippen LogP contribution in [0.2, 0.25) is 0 Å². The molecule has 4 heteroatoms. The smallest absolute Gasteiger partial charge is 0.314 e. The quantitative estimate of drug-likeness (QED) is 0.545. The zero-order valence-corrected chi connectivity index (χ0v) is 15.6. The number of carbonyl (C=O) groups excluding carboxylic acids is 1. The molecule has 0 aromatic heterocycles. The van der Waals surface area contributed by atoms with Crippen molar-refractivity contribution in [2.45, 2.75) is 13.0 Å². The zero-order valence-electron chi connectivity index (χ0n) is 15.6. The molecule has 134 valence electrons. The van der Waals surface area contributed by atoms with E-state index in [9.17, 15) is 4.79 Å². The van der Waals surface area contributed by atoms with Crippen LogP contribution in [0.25, 0.3) is 0 Å². The van der Waals surface area contributed by atoms with E-state index in [0.29, 0.717) is 13.0 Å². The van der Waals surface area contributed by atoms with Crippen LogP contribution in [0.5, 0.6) is 5.75 Å². The average Bonchev–Trinajstić information content (AvgIpc) is 2.59. The highest BCUT2D eigenvalue weighted by molar-refractivity contribution is 5.72. The second kappa shape index (κ2) is 8.67. The number of hydrogen-bond acceptors (Lipinski definition) is 3. The fraction of sp³-hybridized carbons (Fsp3) is 0.381. The lowest BCUT2D eigenvalue weighted by atomic mass is 9.98. The summed E-state index contributed by atoms with van der Waals surface area (Å²) in [6.07, 6.45) is 0.668. The maximum Gasteiger partial charge on any atom is 0.314 e. The van der Waals surface area contributed by atoms with Crippen LogP contribution in [-0.4, -0.2) is 45.2 Å². The van der Waals surface area contributed by atoms with Gasteiger partial charge in [-0.1, -0.05) is 42.5 Å². The molecule has 0 aliphatic heterocycles. The van der Waals surface area contributed by atoms with Gasteiger partial charge in [0.25, 0.3) is 0 Å². The summed E-state index contributed by atoms with van der Waals surface area (Å²) in [6.45, 7) is 1.28. The minimum atomic E-state index is -0.155. The minimum Gasteiger partial charge on any atom is -0.489 e. The van der Waals surface area contributed by atoms with Crippen LogP contribution >= 0.6 is 0 Å². The first-order valence-corrected chi connectivity index (χ1v) is 8.51. The number of rotatable bonds is 8. The summed E-state index contributed by atoms with van der Waals surface area (Å²) < 4.78 is 11.5. The molecule has 0 aliphatic carbocycles. The number of esters is 1. The van der Waals surface area contributed by atoms with Crippen molar-refractivity contribution in [3.8, 4) is 5.75 Å². The Kier molecular flexibility index (Phi) is 6.59. The Balaban J connectivity index is 1.96. The van der Waals surface area contributed by atoms with Gasteiger partial charge >= 0.3 is 5.97 Å². The standard InChI is InChI=1S/C21H28NO3/c1-22(2,3)15-19(21(23)24-4)14-17-10-12-20(13-11-17)25-16-18-8-6-5-7-9-18/h5-13,19H,14-16H2,1-4H3/q+1. The van der Waals surface area contributed by atoms with Gasteiger partial charge in [0.15, 0.2) is 0 Å². The largest absolute Gasteiger partial charge is 0.489 e. The number of nitrogens with zero attached hydrogens (tertiary/aromatic N) is 1. The molecule has 0 saturated heterocycles. The van der Waals surface area contributed by atoms with Crippen molar-refractivity contribution in [2.24, 2.45) is 5.92 Å². The molecule has 2 rings (SSSR count). The van der Waals surface area contributed by atoms with Crippen molar-refractivity contribution in [2.75, 3.05) is 34.8 Å². The van der Waals surface area contributed by atoms with Crippen molar-refractivity contribution in [1.82, 2.24) is 0 Å². The molecule has 2 aromatic rings. The predicted octanol–water partition coefficient (Wildman–Crippen LogP) is 3.30. The second-order valence-corrected chi connectivity index (χ2v) is 7.32. The van der Waals surface area contributed by atoms with Crippen LogP contribution in [0.1, 0.15) is 11.1 Å². The highest BCUT2D eigenvalue weighted by atomic mass is 16.5. The molecule has 1 atom stereocenters. The lowest BCUT2D eigenvalue weighted by Gasteiger charge is -2.28. The maximum absolute atomic E-state index is 12.1. The van der Waals surface area contributed by atoms with Gasteiger partial charge in [0, 0.05) is 0 Å². The van der Waals surface area contributed by atoms with Crippen molar-refractivity contribution in [3.05, 3.63) is 65.7 Å². The van der Waals surface area contributed by atoms with E-state index in [4.69, 9.17) is 9.47 Å². The van der Waals surface area contributed by atoms with Gasteiger partial charge in [-0.15, -0.1) is 0 Å². The van der Waals surface area contributed by atoms with E-state index >= 15 is 0 Å². The highest BCUT2D eigenvalue weighted by Crippen LogP contribution is 2.18. The molecule has 4 nitrogen and oxygen atoms in total. The van der Waals surface area contributed by atoms with Gasteiger partial charge in [-0.05, 0) is 29.7 Å². The third-order valence-electron chi connectivity index (χ3n) is 3.96. The van der Waals surface area contributed by atoms with Crippen molar-refractivity contribution >= 4 is 5.97 Å². The van der Waals surface area contributed by atoms with Gasteiger partial charge in [-0.25, -0.2) is 0 Å². The summed E-state index contributed by atoms with van der Waals surface area (Å²) in [4.78, 5) is 12.1. The molecule has 0 heterocycles. The van der Waals surface area contributed by atoms with E-state index < -0.39 is 0 Å². The van der Waals surface area contributed by atoms with Gasteiger partial charge in [0.05, 0.1) is 34.8 Å². The Morgan fingerprint density at radius 1 is 0.960 bits per heavy atom. The topological polar surface area (TPSA) is 35.5 Å². The van der Waals surface area contributed by atoms with Crippen LogP contribution in [0, 0.1) is 5.92 Å². The summed E-state index contributed by atoms with van der Waals surface area (Å²) in [7, 11) is 7.69. The van der Waals surface area contributed by atoms with Crippen molar-refractivity contribution in [3.63, 3.8) is 0 Å². The summed E-state index contributed by atoms with van der Waals surface area (Å²) in [5.41, 5.74) is 2.25. The third-order valence-corrected chi connectivity index (χ3v) is 3.96. The Hall–Kier alpha value is -2.33. The maximum atomic E-state index is 12.1. The van der Waals surface area contributed by atoms with E-state index in [1.807, 2.05) is 54.6 Å². The predicted molar refractivity (Wildman–Crippen MR) is 99.3 cm³/mol. The normalized spacial score (nSPS) is 12.5. The second-order valence-electron chi connectivity index (χ2n) is 7.32. The Morgan fingerprint density at radius 3 is 2.16 bits per heavy atom. The minimum absolute atomic E-state index is 0.152. The molecule has 0 fully saturated rings. The fourth-order valence-corrected chi connectivity index (χ4v) is 2.80. The molecule has 0 bridgehead atoms. The molecule has 0 amide bonds. The molecular formula is C21H28NO3+. The first kappa shape index (κ1) is 19.0. The molecule has 0 saturated carbocycles. The van der Waals surface area contributed by atoms with Crippen LogP contribution in [0.15, 0.2) is 54.6 Å². The summed E-state index contributed by atoms with van der Waals surface area (Å²) in [6, 6.07) is 18.0. The summed E-state index contributed by atoms with van der Waals surface area (Å²) in [5.74, 6) is 0.521. The van der Waals surface area contributed by atoms with E-state index in [2.05, 4.69) is 21.1 Å². The van der Waals surface area contributed by atoms with Gasteiger partial charge in [0.2, 0.25) is 0 Å².